The zero-order valence-corrected chi connectivity index (χ0v) is 8.69. The number of benzene rings is 1. The lowest BCUT2D eigenvalue weighted by Crippen LogP contribution is -1.89. The van der Waals surface area contributed by atoms with Gasteiger partial charge in [-0.2, -0.15) is 5.10 Å². The number of hydrogen-bond donors (Lipinski definition) is 1. The molecule has 0 saturated carbocycles. The molecule has 1 aromatic heterocycles. The van der Waals surface area contributed by atoms with Crippen LogP contribution in [-0.4, -0.2) is 10.2 Å². The van der Waals surface area contributed by atoms with Gasteiger partial charge in [-0.25, -0.2) is 4.39 Å². The summed E-state index contributed by atoms with van der Waals surface area (Å²) < 4.78 is 13.2. The summed E-state index contributed by atoms with van der Waals surface area (Å²) in [5.41, 5.74) is 1.59. The Hall–Kier alpha value is -1.09. The molecule has 2 aromatic rings. The summed E-state index contributed by atoms with van der Waals surface area (Å²) >= 11 is 5.88. The van der Waals surface area contributed by atoms with Crippen LogP contribution in [0.4, 0.5) is 4.39 Å². The smallest absolute Gasteiger partial charge is 0.142 e. The van der Waals surface area contributed by atoms with Gasteiger partial charge in [0.15, 0.2) is 0 Å². The fourth-order valence-corrected chi connectivity index (χ4v) is 1.75. The van der Waals surface area contributed by atoms with E-state index in [2.05, 4.69) is 10.2 Å². The maximum absolute atomic E-state index is 13.2. The third kappa shape index (κ3) is 1.28. The molecule has 0 aliphatic rings. The molecular formula is C10H10ClFN2. The lowest BCUT2D eigenvalue weighted by atomic mass is 10.1. The van der Waals surface area contributed by atoms with E-state index in [1.807, 2.05) is 13.8 Å². The standard InChI is InChI=1S/C10H10ClFN2/c1-5(2)10-8-7(13-14-10)4-3-6(12)9(8)11/h3-5H,1-2H3,(H,13,14). The number of nitrogens with one attached hydrogen (secondary N) is 1. The van der Waals surface area contributed by atoms with Crippen LogP contribution in [0.2, 0.25) is 5.02 Å². The minimum Gasteiger partial charge on any atom is -0.281 e. The second-order valence-electron chi connectivity index (χ2n) is 3.55. The molecule has 2 rings (SSSR count). The fourth-order valence-electron chi connectivity index (χ4n) is 1.48. The van der Waals surface area contributed by atoms with Gasteiger partial charge in [-0.15, -0.1) is 0 Å². The number of rotatable bonds is 1. The molecule has 0 atom stereocenters. The van der Waals surface area contributed by atoms with Crippen molar-refractivity contribution in [2.45, 2.75) is 19.8 Å². The highest BCUT2D eigenvalue weighted by atomic mass is 35.5. The van der Waals surface area contributed by atoms with Gasteiger partial charge in [0.2, 0.25) is 0 Å². The highest BCUT2D eigenvalue weighted by molar-refractivity contribution is 6.35. The molecule has 1 heterocycles. The number of aromatic nitrogens is 2. The monoisotopic (exact) mass is 212 g/mol. The predicted molar refractivity (Wildman–Crippen MR) is 55.2 cm³/mol. The molecule has 0 aliphatic heterocycles. The van der Waals surface area contributed by atoms with Gasteiger partial charge in [0.1, 0.15) is 5.82 Å². The van der Waals surface area contributed by atoms with Crippen molar-refractivity contribution < 1.29 is 4.39 Å². The van der Waals surface area contributed by atoms with Gasteiger partial charge in [-0.3, -0.25) is 5.10 Å². The topological polar surface area (TPSA) is 28.7 Å². The van der Waals surface area contributed by atoms with Gasteiger partial charge in [0, 0.05) is 11.1 Å². The normalized spacial score (nSPS) is 11.5. The Morgan fingerprint density at radius 2 is 2.14 bits per heavy atom. The molecule has 0 aliphatic carbocycles. The zero-order valence-electron chi connectivity index (χ0n) is 7.94. The number of aromatic amines is 1. The molecule has 0 amide bonds. The minimum atomic E-state index is -0.400. The van der Waals surface area contributed by atoms with E-state index in [9.17, 15) is 4.39 Å². The van der Waals surface area contributed by atoms with Crippen molar-refractivity contribution in [3.05, 3.63) is 28.7 Å². The Kier molecular flexibility index (Phi) is 2.19. The summed E-state index contributed by atoms with van der Waals surface area (Å²) in [5.74, 6) is -0.151. The van der Waals surface area contributed by atoms with Gasteiger partial charge in [0.05, 0.1) is 10.5 Å². The molecule has 0 saturated heterocycles. The Labute approximate surface area is 86.1 Å². The summed E-state index contributed by atoms with van der Waals surface area (Å²) in [7, 11) is 0. The Bertz CT molecular complexity index is 476. The lowest BCUT2D eigenvalue weighted by molar-refractivity contribution is 0.630. The van der Waals surface area contributed by atoms with Crippen molar-refractivity contribution in [2.75, 3.05) is 0 Å². The average Bonchev–Trinajstić information content (AvgIpc) is 2.55. The Morgan fingerprint density at radius 3 is 2.79 bits per heavy atom. The SMILES string of the molecule is CC(C)c1[nH]nc2ccc(F)c(Cl)c12. The van der Waals surface area contributed by atoms with E-state index >= 15 is 0 Å². The highest BCUT2D eigenvalue weighted by Gasteiger charge is 2.14. The van der Waals surface area contributed by atoms with Crippen molar-refractivity contribution in [1.82, 2.24) is 10.2 Å². The van der Waals surface area contributed by atoms with Crippen LogP contribution in [0, 0.1) is 5.82 Å². The van der Waals surface area contributed by atoms with Crippen molar-refractivity contribution in [1.29, 1.82) is 0 Å². The van der Waals surface area contributed by atoms with E-state index in [0.717, 1.165) is 5.69 Å². The first kappa shape index (κ1) is 9.46. The Morgan fingerprint density at radius 1 is 1.43 bits per heavy atom. The quantitative estimate of drug-likeness (QED) is 0.770. The number of nitrogens with zero attached hydrogens (tertiary/aromatic N) is 1. The van der Waals surface area contributed by atoms with Crippen molar-refractivity contribution >= 4 is 22.5 Å². The lowest BCUT2D eigenvalue weighted by Gasteiger charge is -2.02. The Balaban J connectivity index is 2.82. The molecule has 4 heteroatoms. The van der Waals surface area contributed by atoms with Gasteiger partial charge >= 0.3 is 0 Å². The van der Waals surface area contributed by atoms with Crippen LogP contribution in [-0.2, 0) is 0 Å². The van der Waals surface area contributed by atoms with Crippen LogP contribution in [0.15, 0.2) is 12.1 Å². The molecule has 0 fully saturated rings. The summed E-state index contributed by atoms with van der Waals surface area (Å²) in [5, 5.41) is 7.79. The number of hydrogen-bond acceptors (Lipinski definition) is 1. The van der Waals surface area contributed by atoms with Crippen LogP contribution >= 0.6 is 11.6 Å². The molecule has 1 aromatic carbocycles. The molecular weight excluding hydrogens is 203 g/mol. The molecule has 74 valence electrons. The molecule has 1 N–H and O–H groups in total. The predicted octanol–water partition coefficient (Wildman–Crippen LogP) is 3.48. The maximum Gasteiger partial charge on any atom is 0.142 e. The largest absolute Gasteiger partial charge is 0.281 e. The van der Waals surface area contributed by atoms with E-state index < -0.39 is 5.82 Å². The third-order valence-electron chi connectivity index (χ3n) is 2.22. The van der Waals surface area contributed by atoms with Crippen LogP contribution in [0.25, 0.3) is 10.9 Å². The summed E-state index contributed by atoms with van der Waals surface area (Å²) in [6.07, 6.45) is 0. The second kappa shape index (κ2) is 3.24. The average molecular weight is 213 g/mol. The number of H-pyrrole nitrogens is 1. The second-order valence-corrected chi connectivity index (χ2v) is 3.93. The van der Waals surface area contributed by atoms with Gasteiger partial charge in [-0.05, 0) is 18.1 Å². The summed E-state index contributed by atoms with van der Waals surface area (Å²) in [6, 6.07) is 2.95. The number of halogens is 2. The summed E-state index contributed by atoms with van der Waals surface area (Å²) in [6.45, 7) is 4.02. The van der Waals surface area contributed by atoms with Crippen LogP contribution < -0.4 is 0 Å². The fraction of sp³-hybridized carbons (Fsp3) is 0.300. The van der Waals surface area contributed by atoms with E-state index in [1.54, 1.807) is 6.07 Å². The molecule has 14 heavy (non-hydrogen) atoms. The third-order valence-corrected chi connectivity index (χ3v) is 2.59. The summed E-state index contributed by atoms with van der Waals surface area (Å²) in [4.78, 5) is 0. The molecule has 2 nitrogen and oxygen atoms in total. The van der Waals surface area contributed by atoms with E-state index in [4.69, 9.17) is 11.6 Å². The zero-order chi connectivity index (χ0) is 10.3. The molecule has 0 spiro atoms. The van der Waals surface area contributed by atoms with E-state index in [-0.39, 0.29) is 10.9 Å². The first-order valence-electron chi connectivity index (χ1n) is 4.43. The highest BCUT2D eigenvalue weighted by Crippen LogP contribution is 2.31. The molecule has 0 bridgehead atoms. The molecule has 0 radical (unpaired) electrons. The first-order chi connectivity index (χ1) is 6.61. The van der Waals surface area contributed by atoms with E-state index in [1.165, 1.54) is 6.07 Å². The van der Waals surface area contributed by atoms with Gasteiger partial charge in [0.25, 0.3) is 0 Å². The first-order valence-corrected chi connectivity index (χ1v) is 4.81. The van der Waals surface area contributed by atoms with Crippen LogP contribution in [0.5, 0.6) is 0 Å². The van der Waals surface area contributed by atoms with Crippen molar-refractivity contribution in [2.24, 2.45) is 0 Å². The van der Waals surface area contributed by atoms with E-state index in [0.29, 0.717) is 10.9 Å². The van der Waals surface area contributed by atoms with Crippen molar-refractivity contribution in [3.63, 3.8) is 0 Å². The maximum atomic E-state index is 13.2. The van der Waals surface area contributed by atoms with Crippen LogP contribution in [0.3, 0.4) is 0 Å². The van der Waals surface area contributed by atoms with Gasteiger partial charge in [-0.1, -0.05) is 25.4 Å². The van der Waals surface area contributed by atoms with Gasteiger partial charge < -0.3 is 0 Å². The minimum absolute atomic E-state index is 0.153. The number of fused-ring (bicyclic) bond motifs is 1. The van der Waals surface area contributed by atoms with Crippen molar-refractivity contribution in [3.8, 4) is 0 Å². The van der Waals surface area contributed by atoms with Crippen LogP contribution in [0.1, 0.15) is 25.5 Å². The molecule has 0 unspecified atom stereocenters.